The van der Waals surface area contributed by atoms with E-state index in [-0.39, 0.29) is 32.7 Å². The Hall–Kier alpha value is -2.30. The normalized spacial score (nSPS) is 9.60. The second-order valence-electron chi connectivity index (χ2n) is 6.59. The number of aryl methyl sites for hydroxylation is 2. The molecule has 2 aromatic carbocycles. The fraction of sp³-hybridized carbons (Fsp3) is 0.333. The molecule has 2 heterocycles. The van der Waals surface area contributed by atoms with E-state index >= 15 is 0 Å². The molecule has 0 atom stereocenters. The second-order valence-corrected chi connectivity index (χ2v) is 6.59. The van der Waals surface area contributed by atoms with E-state index in [0.717, 1.165) is 58.1 Å². The molecule has 0 amide bonds. The summed E-state index contributed by atoms with van der Waals surface area (Å²) in [6.07, 6.45) is 10.9. The average molecular weight is 546 g/mol. The van der Waals surface area contributed by atoms with Gasteiger partial charge in [-0.25, -0.2) is 21.6 Å². The summed E-state index contributed by atoms with van der Waals surface area (Å²) >= 11 is 0. The molecule has 4 rings (SSSR count). The molecule has 0 bridgehead atoms. The van der Waals surface area contributed by atoms with Gasteiger partial charge in [-0.3, -0.25) is 0 Å². The molecule has 2 aromatic heterocycles. The predicted molar refractivity (Wildman–Crippen MR) is 146 cm³/mol. The number of H-pyrrole nitrogens is 2. The number of hydrogen-bond donors (Lipinski definition) is 2. The molecule has 0 aliphatic carbocycles. The maximum atomic E-state index is 4.38. The molecule has 2 N–H and O–H groups in total. The van der Waals surface area contributed by atoms with Crippen molar-refractivity contribution in [2.75, 3.05) is 0 Å². The molecule has 0 unspecified atom stereocenters. The van der Waals surface area contributed by atoms with Gasteiger partial charge in [-0.05, 0) is 5.56 Å². The molecular formula is C30H40N4Y-2. The van der Waals surface area contributed by atoms with E-state index in [1.165, 1.54) is 0 Å². The number of rotatable bonds is 6. The Bertz CT molecular complexity index is 1090. The van der Waals surface area contributed by atoms with Crippen LogP contribution in [0, 0.1) is 12.1 Å². The number of benzene rings is 2. The fourth-order valence-corrected chi connectivity index (χ4v) is 3.02. The molecule has 0 saturated carbocycles. The van der Waals surface area contributed by atoms with Crippen molar-refractivity contribution < 1.29 is 32.7 Å². The van der Waals surface area contributed by atoms with Gasteiger partial charge >= 0.3 is 0 Å². The van der Waals surface area contributed by atoms with Gasteiger partial charge in [-0.2, -0.15) is 29.8 Å². The molecule has 1 radical (unpaired) electrons. The molecule has 0 spiro atoms. The number of nitrogens with zero attached hydrogens (tertiary/aromatic N) is 2. The zero-order chi connectivity index (χ0) is 25.3. The Morgan fingerprint density at radius 1 is 0.771 bits per heavy atom. The number of hydrogen-bond acceptors (Lipinski definition) is 2. The Balaban J connectivity index is 0.00000154. The first-order chi connectivity index (χ1) is 16.7. The second kappa shape index (κ2) is 19.0. The maximum Gasteiger partial charge on any atom is 0.106 e. The van der Waals surface area contributed by atoms with Gasteiger partial charge in [0.25, 0.3) is 0 Å². The molecule has 0 aliphatic heterocycles. The van der Waals surface area contributed by atoms with Gasteiger partial charge in [0.2, 0.25) is 0 Å². The quantitative estimate of drug-likeness (QED) is 0.189. The third-order valence-electron chi connectivity index (χ3n) is 4.65. The number of aromatic amines is 2. The standard InChI is InChI=1S/C24H22N4.3C2H6.Y/c1-3-23-25-15-21(27-23)19-12-10-17(11-13-19)8-9-18-6-5-7-20(14-18)22-16-26-24(4-2)28-22;3*1-2;/h5,7,9-16H,3-4H2,1-2H3,(H,25,27)(H,26,28);3*1-2H3;/q-2;;;;. The summed E-state index contributed by atoms with van der Waals surface area (Å²) in [7, 11) is 0. The summed E-state index contributed by atoms with van der Waals surface area (Å²) in [6, 6.07) is 17.6. The summed E-state index contributed by atoms with van der Waals surface area (Å²) in [6.45, 7) is 16.2. The van der Waals surface area contributed by atoms with Gasteiger partial charge in [0.1, 0.15) is 11.6 Å². The van der Waals surface area contributed by atoms with Gasteiger partial charge < -0.3 is 9.97 Å². The molecular weight excluding hydrogens is 505 g/mol. The zero-order valence-corrected chi connectivity index (χ0v) is 25.5. The minimum atomic E-state index is 0. The Morgan fingerprint density at radius 2 is 1.29 bits per heavy atom. The van der Waals surface area contributed by atoms with Crippen LogP contribution in [-0.2, 0) is 45.6 Å². The van der Waals surface area contributed by atoms with Crippen molar-refractivity contribution >= 4 is 6.08 Å². The average Bonchev–Trinajstić information content (AvgIpc) is 3.62. The first-order valence-corrected chi connectivity index (χ1v) is 12.5. The monoisotopic (exact) mass is 545 g/mol. The molecule has 185 valence electrons. The van der Waals surface area contributed by atoms with Gasteiger partial charge in [-0.1, -0.05) is 73.1 Å². The summed E-state index contributed by atoms with van der Waals surface area (Å²) in [4.78, 5) is 15.4. The summed E-state index contributed by atoms with van der Waals surface area (Å²) in [5, 5.41) is 0. The van der Waals surface area contributed by atoms with Crippen LogP contribution >= 0.6 is 0 Å². The van der Waals surface area contributed by atoms with E-state index in [1.54, 1.807) is 0 Å². The first-order valence-electron chi connectivity index (χ1n) is 12.5. The number of imidazole rings is 2. The smallest absolute Gasteiger partial charge is 0.106 e. The van der Waals surface area contributed by atoms with Crippen molar-refractivity contribution in [3.8, 4) is 22.5 Å². The van der Waals surface area contributed by atoms with Crippen LogP contribution in [0.3, 0.4) is 0 Å². The summed E-state index contributed by atoms with van der Waals surface area (Å²) < 4.78 is 0. The van der Waals surface area contributed by atoms with Gasteiger partial charge in [-0.15, -0.1) is 18.2 Å². The van der Waals surface area contributed by atoms with Gasteiger partial charge in [0.05, 0.1) is 18.1 Å². The van der Waals surface area contributed by atoms with Crippen LogP contribution in [0.5, 0.6) is 0 Å². The van der Waals surface area contributed by atoms with Crippen LogP contribution in [0.25, 0.3) is 28.6 Å². The predicted octanol–water partition coefficient (Wildman–Crippen LogP) is 8.33. The summed E-state index contributed by atoms with van der Waals surface area (Å²) in [5.74, 6) is 2.00. The van der Waals surface area contributed by atoms with Crippen molar-refractivity contribution in [2.45, 2.75) is 68.2 Å². The van der Waals surface area contributed by atoms with Crippen molar-refractivity contribution in [1.29, 1.82) is 0 Å². The third-order valence-corrected chi connectivity index (χ3v) is 4.65. The molecule has 5 heteroatoms. The molecule has 0 fully saturated rings. The van der Waals surface area contributed by atoms with Gasteiger partial charge in [0.15, 0.2) is 0 Å². The van der Waals surface area contributed by atoms with Crippen molar-refractivity contribution in [1.82, 2.24) is 19.9 Å². The largest absolute Gasteiger partial charge is 0.343 e. The minimum absolute atomic E-state index is 0. The van der Waals surface area contributed by atoms with Crippen LogP contribution in [0.15, 0.2) is 54.9 Å². The molecule has 4 aromatic rings. The maximum absolute atomic E-state index is 4.38. The van der Waals surface area contributed by atoms with E-state index in [9.17, 15) is 0 Å². The zero-order valence-electron chi connectivity index (χ0n) is 22.7. The van der Waals surface area contributed by atoms with Gasteiger partial charge in [0, 0.05) is 51.2 Å². The van der Waals surface area contributed by atoms with E-state index in [1.807, 2.05) is 72.1 Å². The topological polar surface area (TPSA) is 57.4 Å². The summed E-state index contributed by atoms with van der Waals surface area (Å²) in [5.41, 5.74) is 6.29. The van der Waals surface area contributed by atoms with Crippen molar-refractivity contribution in [3.05, 3.63) is 89.8 Å². The van der Waals surface area contributed by atoms with E-state index in [2.05, 4.69) is 76.3 Å². The third kappa shape index (κ3) is 10.1. The SMILES string of the molecule is CC.CC.CC.CCc1ncc(-c2ccc([C-]=Cc3[c-]ccc(-c4cnc(CC)[nH]4)c3)cc2)[nH]1.[Y]. The number of nitrogens with one attached hydrogen (secondary N) is 2. The first kappa shape index (κ1) is 32.7. The van der Waals surface area contributed by atoms with Crippen LogP contribution in [0.4, 0.5) is 0 Å². The molecule has 35 heavy (non-hydrogen) atoms. The fourth-order valence-electron chi connectivity index (χ4n) is 3.02. The van der Waals surface area contributed by atoms with Crippen LogP contribution in [-0.4, -0.2) is 19.9 Å². The van der Waals surface area contributed by atoms with Crippen LogP contribution < -0.4 is 0 Å². The van der Waals surface area contributed by atoms with Crippen LogP contribution in [0.2, 0.25) is 0 Å². The van der Waals surface area contributed by atoms with Crippen molar-refractivity contribution in [2.24, 2.45) is 0 Å². The molecule has 0 saturated heterocycles. The molecule has 4 nitrogen and oxygen atoms in total. The van der Waals surface area contributed by atoms with E-state index < -0.39 is 0 Å². The Morgan fingerprint density at radius 3 is 1.77 bits per heavy atom. The Labute approximate surface area is 238 Å². The van der Waals surface area contributed by atoms with Crippen molar-refractivity contribution in [3.63, 3.8) is 0 Å². The Kier molecular flexibility index (Phi) is 17.7. The van der Waals surface area contributed by atoms with E-state index in [4.69, 9.17) is 0 Å². The van der Waals surface area contributed by atoms with Crippen LogP contribution in [0.1, 0.15) is 78.2 Å². The number of aromatic nitrogens is 4. The minimum Gasteiger partial charge on any atom is -0.343 e. The van der Waals surface area contributed by atoms with E-state index in [0.29, 0.717) is 0 Å². The molecule has 0 aliphatic rings.